The molecule has 6 nitrogen and oxygen atoms in total. The number of hydrogen-bond acceptors (Lipinski definition) is 5. The summed E-state index contributed by atoms with van der Waals surface area (Å²) in [5.74, 6) is -0.653. The first-order chi connectivity index (χ1) is 11.5. The molecule has 1 atom stereocenters. The standard InChI is InChI=1S/C17H24FN3O3/c1-12-4-3-7-20(12)13-5-8-19(9-6-13)15-11-17(24-2)14(18)10-16(15)21(22)23/h10-13H,3-9H2,1-2H3. The number of nitro groups is 1. The fourth-order valence-electron chi connectivity index (χ4n) is 4.02. The van der Waals surface area contributed by atoms with E-state index >= 15 is 0 Å². The molecule has 2 fully saturated rings. The first kappa shape index (κ1) is 17.0. The van der Waals surface area contributed by atoms with Gasteiger partial charge in [0.25, 0.3) is 5.69 Å². The normalized spacial score (nSPS) is 22.8. The molecule has 0 aliphatic carbocycles. The van der Waals surface area contributed by atoms with Gasteiger partial charge in [-0.05, 0) is 39.2 Å². The van der Waals surface area contributed by atoms with Gasteiger partial charge >= 0.3 is 0 Å². The molecule has 0 spiro atoms. The molecular weight excluding hydrogens is 313 g/mol. The summed E-state index contributed by atoms with van der Waals surface area (Å²) < 4.78 is 18.8. The Bertz CT molecular complexity index is 617. The number of nitrogens with zero attached hydrogens (tertiary/aromatic N) is 3. The zero-order valence-corrected chi connectivity index (χ0v) is 14.2. The molecular formula is C17H24FN3O3. The van der Waals surface area contributed by atoms with Crippen LogP contribution < -0.4 is 9.64 Å². The molecule has 1 unspecified atom stereocenters. The number of nitro benzene ring substituents is 1. The van der Waals surface area contributed by atoms with Crippen LogP contribution in [0.3, 0.4) is 0 Å². The van der Waals surface area contributed by atoms with Gasteiger partial charge in [0.2, 0.25) is 0 Å². The zero-order valence-electron chi connectivity index (χ0n) is 14.2. The highest BCUT2D eigenvalue weighted by molar-refractivity contribution is 5.66. The van der Waals surface area contributed by atoms with Crippen LogP contribution in [0.15, 0.2) is 12.1 Å². The van der Waals surface area contributed by atoms with Gasteiger partial charge in [0, 0.05) is 31.2 Å². The number of halogens is 1. The minimum Gasteiger partial charge on any atom is -0.494 e. The van der Waals surface area contributed by atoms with E-state index in [0.29, 0.717) is 17.8 Å². The summed E-state index contributed by atoms with van der Waals surface area (Å²) in [6, 6.07) is 3.58. The Morgan fingerprint density at radius 2 is 1.96 bits per heavy atom. The molecule has 2 aliphatic rings. The van der Waals surface area contributed by atoms with Crippen molar-refractivity contribution in [2.75, 3.05) is 31.6 Å². The third kappa shape index (κ3) is 3.17. The molecule has 2 aliphatic heterocycles. The topological polar surface area (TPSA) is 58.8 Å². The molecule has 0 amide bonds. The van der Waals surface area contributed by atoms with Crippen molar-refractivity contribution in [3.63, 3.8) is 0 Å². The van der Waals surface area contributed by atoms with Gasteiger partial charge in [-0.15, -0.1) is 0 Å². The number of anilines is 1. The van der Waals surface area contributed by atoms with E-state index in [9.17, 15) is 14.5 Å². The Labute approximate surface area is 141 Å². The van der Waals surface area contributed by atoms with Crippen molar-refractivity contribution in [2.45, 2.75) is 44.7 Å². The molecule has 24 heavy (non-hydrogen) atoms. The lowest BCUT2D eigenvalue weighted by Crippen LogP contribution is -2.46. The van der Waals surface area contributed by atoms with Crippen LogP contribution in [0.4, 0.5) is 15.8 Å². The first-order valence-electron chi connectivity index (χ1n) is 8.54. The second kappa shape index (κ2) is 6.93. The average Bonchev–Trinajstić information content (AvgIpc) is 3.00. The maximum atomic E-state index is 13.8. The molecule has 132 valence electrons. The van der Waals surface area contributed by atoms with Crippen LogP contribution in [0.2, 0.25) is 0 Å². The molecule has 3 rings (SSSR count). The fourth-order valence-corrected chi connectivity index (χ4v) is 4.02. The molecule has 2 saturated heterocycles. The lowest BCUT2D eigenvalue weighted by molar-refractivity contribution is -0.384. The number of rotatable bonds is 4. The molecule has 1 aromatic rings. The Morgan fingerprint density at radius 1 is 1.25 bits per heavy atom. The maximum Gasteiger partial charge on any atom is 0.295 e. The number of methoxy groups -OCH3 is 1. The zero-order chi connectivity index (χ0) is 17.3. The van der Waals surface area contributed by atoms with Crippen LogP contribution in [0.1, 0.15) is 32.6 Å². The fraction of sp³-hybridized carbons (Fsp3) is 0.647. The van der Waals surface area contributed by atoms with E-state index in [2.05, 4.69) is 11.8 Å². The van der Waals surface area contributed by atoms with E-state index in [1.54, 1.807) is 0 Å². The van der Waals surface area contributed by atoms with Crippen molar-refractivity contribution in [3.05, 3.63) is 28.1 Å². The number of ether oxygens (including phenoxy) is 1. The Hall–Kier alpha value is -1.89. The molecule has 0 N–H and O–H groups in total. The van der Waals surface area contributed by atoms with Crippen molar-refractivity contribution >= 4 is 11.4 Å². The van der Waals surface area contributed by atoms with Crippen molar-refractivity contribution < 1.29 is 14.1 Å². The van der Waals surface area contributed by atoms with Gasteiger partial charge in [-0.3, -0.25) is 15.0 Å². The van der Waals surface area contributed by atoms with Crippen molar-refractivity contribution in [2.24, 2.45) is 0 Å². The minimum absolute atomic E-state index is 0.0471. The van der Waals surface area contributed by atoms with Gasteiger partial charge in [-0.25, -0.2) is 4.39 Å². The Kier molecular flexibility index (Phi) is 4.89. The van der Waals surface area contributed by atoms with E-state index < -0.39 is 10.7 Å². The van der Waals surface area contributed by atoms with E-state index in [0.717, 1.165) is 38.5 Å². The van der Waals surface area contributed by atoms with Crippen LogP contribution in [-0.2, 0) is 0 Å². The molecule has 0 bridgehead atoms. The number of benzene rings is 1. The van der Waals surface area contributed by atoms with Gasteiger partial charge in [0.1, 0.15) is 5.69 Å². The number of hydrogen-bond donors (Lipinski definition) is 0. The largest absolute Gasteiger partial charge is 0.494 e. The van der Waals surface area contributed by atoms with E-state index in [1.807, 2.05) is 4.90 Å². The van der Waals surface area contributed by atoms with Gasteiger partial charge in [-0.1, -0.05) is 0 Å². The highest BCUT2D eigenvalue weighted by atomic mass is 19.1. The summed E-state index contributed by atoms with van der Waals surface area (Å²) >= 11 is 0. The van der Waals surface area contributed by atoms with Gasteiger partial charge < -0.3 is 9.64 Å². The van der Waals surface area contributed by atoms with Crippen molar-refractivity contribution in [1.82, 2.24) is 4.90 Å². The molecule has 0 radical (unpaired) electrons. The summed E-state index contributed by atoms with van der Waals surface area (Å²) in [6.45, 7) is 4.90. The van der Waals surface area contributed by atoms with E-state index in [-0.39, 0.29) is 11.4 Å². The average molecular weight is 337 g/mol. The predicted octanol–water partition coefficient (Wildman–Crippen LogP) is 3.20. The quantitative estimate of drug-likeness (QED) is 0.624. The molecule has 0 aromatic heterocycles. The monoisotopic (exact) mass is 337 g/mol. The van der Waals surface area contributed by atoms with Crippen LogP contribution in [0.5, 0.6) is 5.75 Å². The summed E-state index contributed by atoms with van der Waals surface area (Å²) in [5, 5.41) is 11.3. The maximum absolute atomic E-state index is 13.8. The van der Waals surface area contributed by atoms with Crippen LogP contribution in [0, 0.1) is 15.9 Å². The first-order valence-corrected chi connectivity index (χ1v) is 8.54. The lowest BCUT2D eigenvalue weighted by atomic mass is 10.0. The van der Waals surface area contributed by atoms with Crippen molar-refractivity contribution in [3.8, 4) is 5.75 Å². The smallest absolute Gasteiger partial charge is 0.295 e. The summed E-state index contributed by atoms with van der Waals surface area (Å²) in [7, 11) is 1.37. The Balaban J connectivity index is 1.77. The van der Waals surface area contributed by atoms with Gasteiger partial charge in [0.05, 0.1) is 18.1 Å². The highest BCUT2D eigenvalue weighted by Crippen LogP contribution is 2.36. The molecule has 7 heteroatoms. The summed E-state index contributed by atoms with van der Waals surface area (Å²) in [5.41, 5.74) is 0.257. The lowest BCUT2D eigenvalue weighted by Gasteiger charge is -2.39. The second-order valence-electron chi connectivity index (χ2n) is 6.68. The summed E-state index contributed by atoms with van der Waals surface area (Å²) in [4.78, 5) is 15.3. The van der Waals surface area contributed by atoms with Crippen LogP contribution in [0.25, 0.3) is 0 Å². The summed E-state index contributed by atoms with van der Waals surface area (Å²) in [6.07, 6.45) is 4.45. The van der Waals surface area contributed by atoms with Crippen molar-refractivity contribution in [1.29, 1.82) is 0 Å². The Morgan fingerprint density at radius 3 is 2.50 bits per heavy atom. The van der Waals surface area contributed by atoms with E-state index in [4.69, 9.17) is 4.74 Å². The highest BCUT2D eigenvalue weighted by Gasteiger charge is 2.32. The molecule has 1 aromatic carbocycles. The third-order valence-electron chi connectivity index (χ3n) is 5.32. The second-order valence-corrected chi connectivity index (χ2v) is 6.68. The number of piperidine rings is 1. The SMILES string of the molecule is COc1cc(N2CCC(N3CCCC3C)CC2)c([N+](=O)[O-])cc1F. The predicted molar refractivity (Wildman–Crippen MR) is 90.2 cm³/mol. The van der Waals surface area contributed by atoms with Crippen LogP contribution >= 0.6 is 0 Å². The van der Waals surface area contributed by atoms with E-state index in [1.165, 1.54) is 26.0 Å². The van der Waals surface area contributed by atoms with Gasteiger partial charge in [-0.2, -0.15) is 0 Å². The molecule has 2 heterocycles. The van der Waals surface area contributed by atoms with Gasteiger partial charge in [0.15, 0.2) is 11.6 Å². The van der Waals surface area contributed by atoms with Crippen LogP contribution in [-0.4, -0.2) is 48.7 Å². The molecule has 0 saturated carbocycles. The third-order valence-corrected chi connectivity index (χ3v) is 5.32. The number of likely N-dealkylation sites (tertiary alicyclic amines) is 1. The minimum atomic E-state index is -0.700.